The summed E-state index contributed by atoms with van der Waals surface area (Å²) < 4.78 is 24.3. The first-order valence-corrected chi connectivity index (χ1v) is 8.16. The number of likely N-dealkylation sites (N-methyl/N-ethyl adjacent to an activating group) is 1. The van der Waals surface area contributed by atoms with Crippen LogP contribution in [0.4, 0.5) is 4.39 Å². The van der Waals surface area contributed by atoms with Crippen LogP contribution < -0.4 is 9.47 Å². The van der Waals surface area contributed by atoms with Crippen molar-refractivity contribution in [2.75, 3.05) is 13.8 Å². The zero-order chi connectivity index (χ0) is 18.0. The summed E-state index contributed by atoms with van der Waals surface area (Å²) in [6, 6.07) is 7.82. The second kappa shape index (κ2) is 7.33. The van der Waals surface area contributed by atoms with Gasteiger partial charge in [0.2, 0.25) is 12.7 Å². The fourth-order valence-corrected chi connectivity index (χ4v) is 2.87. The smallest absolute Gasteiger partial charge is 0.246 e. The third kappa shape index (κ3) is 3.89. The van der Waals surface area contributed by atoms with E-state index in [1.165, 1.54) is 23.1 Å². The Kier molecular flexibility index (Phi) is 5.16. The minimum absolute atomic E-state index is 0.0660. The number of benzene rings is 2. The van der Waals surface area contributed by atoms with E-state index in [1.54, 1.807) is 31.3 Å². The second-order valence-electron chi connectivity index (χ2n) is 5.46. The largest absolute Gasteiger partial charge is 0.454 e. The highest BCUT2D eigenvalue weighted by Crippen LogP contribution is 2.40. The van der Waals surface area contributed by atoms with Gasteiger partial charge in [0.15, 0.2) is 11.5 Å². The van der Waals surface area contributed by atoms with Gasteiger partial charge in [-0.25, -0.2) is 4.39 Å². The molecule has 1 heterocycles. The number of hydrogen-bond donors (Lipinski definition) is 0. The van der Waals surface area contributed by atoms with Gasteiger partial charge < -0.3 is 14.4 Å². The number of nitrogens with zero attached hydrogens (tertiary/aromatic N) is 1. The van der Waals surface area contributed by atoms with Crippen molar-refractivity contribution in [3.05, 3.63) is 63.4 Å². The molecule has 0 unspecified atom stereocenters. The van der Waals surface area contributed by atoms with Gasteiger partial charge in [-0.15, -0.1) is 0 Å². The Bertz CT molecular complexity index is 834. The number of carbonyl (C=O) groups excluding carboxylic acids is 1. The minimum Gasteiger partial charge on any atom is -0.454 e. The van der Waals surface area contributed by atoms with Crippen molar-refractivity contribution >= 4 is 35.2 Å². The first-order chi connectivity index (χ1) is 12.0. The lowest BCUT2D eigenvalue weighted by atomic mass is 10.1. The Morgan fingerprint density at radius 3 is 2.84 bits per heavy atom. The van der Waals surface area contributed by atoms with Gasteiger partial charge in [-0.05, 0) is 35.9 Å². The molecule has 0 fully saturated rings. The molecule has 0 bridgehead atoms. The summed E-state index contributed by atoms with van der Waals surface area (Å²) >= 11 is 12.1. The molecule has 25 heavy (non-hydrogen) atoms. The third-order valence-electron chi connectivity index (χ3n) is 3.70. The maximum atomic E-state index is 13.8. The van der Waals surface area contributed by atoms with Crippen molar-refractivity contribution in [2.24, 2.45) is 0 Å². The van der Waals surface area contributed by atoms with Gasteiger partial charge in [0.05, 0.1) is 5.02 Å². The van der Waals surface area contributed by atoms with E-state index in [0.717, 1.165) is 0 Å². The molecule has 1 aliphatic heterocycles. The van der Waals surface area contributed by atoms with E-state index in [9.17, 15) is 9.18 Å². The number of ether oxygens (including phenoxy) is 2. The number of amides is 1. The van der Waals surface area contributed by atoms with E-state index in [-0.39, 0.29) is 29.8 Å². The molecule has 130 valence electrons. The predicted molar refractivity (Wildman–Crippen MR) is 94.5 cm³/mol. The molecule has 2 aromatic rings. The third-order valence-corrected chi connectivity index (χ3v) is 4.34. The maximum Gasteiger partial charge on any atom is 0.246 e. The molecule has 0 N–H and O–H groups in total. The Hall–Kier alpha value is -2.24. The van der Waals surface area contributed by atoms with E-state index >= 15 is 0 Å². The van der Waals surface area contributed by atoms with Crippen LogP contribution >= 0.6 is 23.2 Å². The molecule has 1 amide bonds. The highest BCUT2D eigenvalue weighted by Gasteiger charge is 2.18. The van der Waals surface area contributed by atoms with Crippen molar-refractivity contribution < 1.29 is 18.7 Å². The van der Waals surface area contributed by atoms with Crippen LogP contribution in [0, 0.1) is 5.82 Å². The van der Waals surface area contributed by atoms with Crippen molar-refractivity contribution in [2.45, 2.75) is 6.54 Å². The molecule has 0 spiro atoms. The lowest BCUT2D eigenvalue weighted by molar-refractivity contribution is -0.125. The standard InChI is InChI=1S/C18H14Cl2FNO3/c1-22(9-12-13(19)3-2-4-15(12)21)17(23)6-5-11-7-14(20)18-16(8-11)24-10-25-18/h2-8H,9-10H2,1H3/b6-5+. The highest BCUT2D eigenvalue weighted by molar-refractivity contribution is 6.32. The molecule has 1 aliphatic rings. The van der Waals surface area contributed by atoms with Crippen molar-refractivity contribution in [1.29, 1.82) is 0 Å². The van der Waals surface area contributed by atoms with Crippen LogP contribution in [-0.4, -0.2) is 24.6 Å². The van der Waals surface area contributed by atoms with Gasteiger partial charge in [-0.1, -0.05) is 29.3 Å². The summed E-state index contributed by atoms with van der Waals surface area (Å²) in [5, 5.41) is 0.694. The van der Waals surface area contributed by atoms with Crippen LogP contribution in [0.25, 0.3) is 6.08 Å². The minimum atomic E-state index is -0.446. The van der Waals surface area contributed by atoms with E-state index < -0.39 is 5.82 Å². The number of carbonyl (C=O) groups is 1. The van der Waals surface area contributed by atoms with E-state index in [4.69, 9.17) is 32.7 Å². The van der Waals surface area contributed by atoms with Gasteiger partial charge in [0.25, 0.3) is 0 Å². The van der Waals surface area contributed by atoms with Gasteiger partial charge in [-0.3, -0.25) is 4.79 Å². The van der Waals surface area contributed by atoms with Crippen LogP contribution in [0.2, 0.25) is 10.0 Å². The SMILES string of the molecule is CN(Cc1c(F)cccc1Cl)C(=O)/C=C/c1cc(Cl)c2c(c1)OCO2. The number of hydrogen-bond acceptors (Lipinski definition) is 3. The Morgan fingerprint density at radius 1 is 1.28 bits per heavy atom. The molecule has 0 saturated carbocycles. The fourth-order valence-electron chi connectivity index (χ4n) is 2.38. The van der Waals surface area contributed by atoms with E-state index in [1.807, 2.05) is 0 Å². The lowest BCUT2D eigenvalue weighted by Crippen LogP contribution is -2.24. The van der Waals surface area contributed by atoms with Gasteiger partial charge in [0.1, 0.15) is 5.82 Å². The molecular weight excluding hydrogens is 368 g/mol. The van der Waals surface area contributed by atoms with E-state index in [2.05, 4.69) is 0 Å². The number of halogens is 3. The van der Waals surface area contributed by atoms with Crippen LogP contribution in [0.3, 0.4) is 0 Å². The first kappa shape index (κ1) is 17.6. The summed E-state index contributed by atoms with van der Waals surface area (Å²) in [4.78, 5) is 13.6. The average Bonchev–Trinajstić information content (AvgIpc) is 3.05. The molecule has 3 rings (SSSR count). The van der Waals surface area contributed by atoms with Crippen LogP contribution in [0.15, 0.2) is 36.4 Å². The normalized spacial score (nSPS) is 12.6. The summed E-state index contributed by atoms with van der Waals surface area (Å²) in [5.74, 6) is 0.286. The first-order valence-electron chi connectivity index (χ1n) is 7.41. The number of fused-ring (bicyclic) bond motifs is 1. The number of rotatable bonds is 4. The average molecular weight is 382 g/mol. The summed E-state index contributed by atoms with van der Waals surface area (Å²) in [6.45, 7) is 0.184. The monoisotopic (exact) mass is 381 g/mol. The molecule has 0 saturated heterocycles. The molecule has 0 aliphatic carbocycles. The molecule has 0 aromatic heterocycles. The van der Waals surface area contributed by atoms with E-state index in [0.29, 0.717) is 22.1 Å². The molecule has 0 radical (unpaired) electrons. The Morgan fingerprint density at radius 2 is 2.08 bits per heavy atom. The summed E-state index contributed by atoms with van der Waals surface area (Å²) in [7, 11) is 1.57. The highest BCUT2D eigenvalue weighted by atomic mass is 35.5. The van der Waals surface area contributed by atoms with Gasteiger partial charge in [-0.2, -0.15) is 0 Å². The molecular formula is C18H14Cl2FNO3. The Labute approximate surface area is 154 Å². The Balaban J connectivity index is 1.71. The maximum absolute atomic E-state index is 13.8. The summed E-state index contributed by atoms with van der Waals surface area (Å²) in [6.07, 6.45) is 2.98. The fraction of sp³-hybridized carbons (Fsp3) is 0.167. The lowest BCUT2D eigenvalue weighted by Gasteiger charge is -2.16. The molecule has 2 aromatic carbocycles. The van der Waals surface area contributed by atoms with Crippen LogP contribution in [0.5, 0.6) is 11.5 Å². The van der Waals surface area contributed by atoms with Crippen LogP contribution in [-0.2, 0) is 11.3 Å². The zero-order valence-corrected chi connectivity index (χ0v) is 14.8. The molecule has 0 atom stereocenters. The van der Waals surface area contributed by atoms with Crippen molar-refractivity contribution in [1.82, 2.24) is 4.90 Å². The van der Waals surface area contributed by atoms with Gasteiger partial charge >= 0.3 is 0 Å². The van der Waals surface area contributed by atoms with Crippen LogP contribution in [0.1, 0.15) is 11.1 Å². The second-order valence-corrected chi connectivity index (χ2v) is 6.28. The predicted octanol–water partition coefficient (Wildman–Crippen LogP) is 4.53. The van der Waals surface area contributed by atoms with Crippen molar-refractivity contribution in [3.63, 3.8) is 0 Å². The molecule has 4 nitrogen and oxygen atoms in total. The van der Waals surface area contributed by atoms with Crippen molar-refractivity contribution in [3.8, 4) is 11.5 Å². The topological polar surface area (TPSA) is 38.8 Å². The van der Waals surface area contributed by atoms with Gasteiger partial charge in [0, 0.05) is 30.3 Å². The quantitative estimate of drug-likeness (QED) is 0.730. The summed E-state index contributed by atoms with van der Waals surface area (Å²) in [5.41, 5.74) is 0.972. The zero-order valence-electron chi connectivity index (χ0n) is 13.3. The molecule has 7 heteroatoms.